The smallest absolute Gasteiger partial charge is 0.289 e. The molecule has 2 amide bonds. The molecule has 7 heteroatoms. The maximum Gasteiger partial charge on any atom is 0.289 e. The number of rotatable bonds is 6. The predicted molar refractivity (Wildman–Crippen MR) is 99.5 cm³/mol. The number of carbonyl (C=O) groups excluding carboxylic acids is 2. The average molecular weight is 374 g/mol. The second kappa shape index (κ2) is 8.80. The van der Waals surface area contributed by atoms with Gasteiger partial charge in [-0.05, 0) is 43.3 Å². The highest BCUT2D eigenvalue weighted by Crippen LogP contribution is 2.22. The number of ether oxygens (including phenoxy) is 1. The number of nitrogens with zero attached hydrogens (tertiary/aromatic N) is 2. The second-order valence-electron chi connectivity index (χ2n) is 5.84. The minimum atomic E-state index is -0.120. The highest BCUT2D eigenvalue weighted by molar-refractivity contribution is 8.00. The Bertz CT molecular complexity index is 723. The molecule has 2 aromatic rings. The molecule has 0 unspecified atom stereocenters. The average Bonchev–Trinajstić information content (AvgIpc) is 3.22. The first kappa shape index (κ1) is 18.4. The van der Waals surface area contributed by atoms with Crippen LogP contribution >= 0.6 is 11.8 Å². The van der Waals surface area contributed by atoms with Crippen LogP contribution < -0.4 is 4.74 Å². The van der Waals surface area contributed by atoms with Gasteiger partial charge in [-0.1, -0.05) is 0 Å². The van der Waals surface area contributed by atoms with Gasteiger partial charge < -0.3 is 19.0 Å². The number of piperazine rings is 1. The highest BCUT2D eigenvalue weighted by atomic mass is 32.2. The molecule has 0 saturated carbocycles. The van der Waals surface area contributed by atoms with Crippen LogP contribution in [-0.2, 0) is 4.79 Å². The van der Waals surface area contributed by atoms with Crippen LogP contribution in [-0.4, -0.2) is 60.2 Å². The van der Waals surface area contributed by atoms with Crippen molar-refractivity contribution >= 4 is 23.6 Å². The Morgan fingerprint density at radius 2 is 1.77 bits per heavy atom. The SMILES string of the molecule is CCOc1ccc(SCC(=O)N2CCN(C(=O)c3ccco3)CC2)cc1. The fourth-order valence-electron chi connectivity index (χ4n) is 2.75. The molecule has 0 aliphatic carbocycles. The van der Waals surface area contributed by atoms with Gasteiger partial charge in [-0.3, -0.25) is 9.59 Å². The summed E-state index contributed by atoms with van der Waals surface area (Å²) >= 11 is 1.51. The maximum absolute atomic E-state index is 12.4. The van der Waals surface area contributed by atoms with E-state index in [9.17, 15) is 9.59 Å². The normalized spacial score (nSPS) is 14.3. The molecule has 0 radical (unpaired) electrons. The van der Waals surface area contributed by atoms with Gasteiger partial charge in [0.15, 0.2) is 5.76 Å². The lowest BCUT2D eigenvalue weighted by Crippen LogP contribution is -2.51. The van der Waals surface area contributed by atoms with E-state index in [0.717, 1.165) is 10.6 Å². The summed E-state index contributed by atoms with van der Waals surface area (Å²) in [7, 11) is 0. The number of hydrogen-bond acceptors (Lipinski definition) is 5. The minimum absolute atomic E-state index is 0.0917. The summed E-state index contributed by atoms with van der Waals surface area (Å²) in [4.78, 5) is 29.2. The third-order valence-electron chi connectivity index (χ3n) is 4.15. The fourth-order valence-corrected chi connectivity index (χ4v) is 3.55. The van der Waals surface area contributed by atoms with Gasteiger partial charge in [0.2, 0.25) is 5.91 Å². The molecule has 1 aliphatic heterocycles. The Hall–Kier alpha value is -2.41. The Morgan fingerprint density at radius 3 is 2.38 bits per heavy atom. The molecule has 3 rings (SSSR count). The Balaban J connectivity index is 1.44. The van der Waals surface area contributed by atoms with Crippen LogP contribution in [0, 0.1) is 0 Å². The fraction of sp³-hybridized carbons (Fsp3) is 0.368. The molecular formula is C19H22N2O4S. The first-order valence-corrected chi connectivity index (χ1v) is 9.62. The summed E-state index contributed by atoms with van der Waals surface area (Å²) in [6.45, 7) is 4.74. The quantitative estimate of drug-likeness (QED) is 0.728. The van der Waals surface area contributed by atoms with Crippen molar-refractivity contribution in [2.75, 3.05) is 38.5 Å². The van der Waals surface area contributed by atoms with Crippen molar-refractivity contribution in [1.29, 1.82) is 0 Å². The second-order valence-corrected chi connectivity index (χ2v) is 6.89. The van der Waals surface area contributed by atoms with E-state index in [-0.39, 0.29) is 11.8 Å². The van der Waals surface area contributed by atoms with Crippen molar-refractivity contribution in [3.63, 3.8) is 0 Å². The molecule has 1 aromatic heterocycles. The maximum atomic E-state index is 12.4. The molecule has 0 N–H and O–H groups in total. The molecule has 138 valence electrons. The molecule has 1 aromatic carbocycles. The number of carbonyl (C=O) groups is 2. The third-order valence-corrected chi connectivity index (χ3v) is 5.15. The van der Waals surface area contributed by atoms with Gasteiger partial charge in [0.05, 0.1) is 18.6 Å². The zero-order valence-corrected chi connectivity index (χ0v) is 15.5. The van der Waals surface area contributed by atoms with E-state index in [1.165, 1.54) is 18.0 Å². The van der Waals surface area contributed by atoms with E-state index < -0.39 is 0 Å². The predicted octanol–water partition coefficient (Wildman–Crippen LogP) is 2.76. The van der Waals surface area contributed by atoms with Gasteiger partial charge in [-0.15, -0.1) is 11.8 Å². The van der Waals surface area contributed by atoms with Crippen LogP contribution in [0.25, 0.3) is 0 Å². The van der Waals surface area contributed by atoms with Crippen LogP contribution in [0.3, 0.4) is 0 Å². The zero-order valence-electron chi connectivity index (χ0n) is 14.7. The summed E-state index contributed by atoms with van der Waals surface area (Å²) in [6.07, 6.45) is 1.49. The standard InChI is InChI=1S/C19H22N2O4S/c1-2-24-15-5-7-16(8-6-15)26-14-18(22)20-9-11-21(12-10-20)19(23)17-4-3-13-25-17/h3-8,13H,2,9-12,14H2,1H3. The first-order valence-electron chi connectivity index (χ1n) is 8.63. The molecule has 0 atom stereocenters. The summed E-state index contributed by atoms with van der Waals surface area (Å²) in [5, 5.41) is 0. The molecule has 1 fully saturated rings. The lowest BCUT2D eigenvalue weighted by Gasteiger charge is -2.34. The summed E-state index contributed by atoms with van der Waals surface area (Å²) < 4.78 is 10.6. The van der Waals surface area contributed by atoms with Crippen molar-refractivity contribution in [2.24, 2.45) is 0 Å². The van der Waals surface area contributed by atoms with Crippen LogP contribution in [0.5, 0.6) is 5.75 Å². The van der Waals surface area contributed by atoms with Crippen molar-refractivity contribution in [3.8, 4) is 5.75 Å². The van der Waals surface area contributed by atoms with Gasteiger partial charge in [0.1, 0.15) is 5.75 Å². The van der Waals surface area contributed by atoms with E-state index >= 15 is 0 Å². The summed E-state index contributed by atoms with van der Waals surface area (Å²) in [5.74, 6) is 1.54. The molecule has 2 heterocycles. The summed E-state index contributed by atoms with van der Waals surface area (Å²) in [5.41, 5.74) is 0. The Kier molecular flexibility index (Phi) is 6.22. The molecule has 1 aliphatic rings. The largest absolute Gasteiger partial charge is 0.494 e. The minimum Gasteiger partial charge on any atom is -0.494 e. The van der Waals surface area contributed by atoms with Crippen LogP contribution in [0.1, 0.15) is 17.5 Å². The monoisotopic (exact) mass is 374 g/mol. The lowest BCUT2D eigenvalue weighted by molar-refractivity contribution is -0.129. The Labute approximate surface area is 157 Å². The van der Waals surface area contributed by atoms with Crippen molar-refractivity contribution in [2.45, 2.75) is 11.8 Å². The molecule has 1 saturated heterocycles. The van der Waals surface area contributed by atoms with Crippen LogP contribution in [0.15, 0.2) is 52.0 Å². The number of amides is 2. The topological polar surface area (TPSA) is 63.0 Å². The van der Waals surface area contributed by atoms with Gasteiger partial charge in [-0.25, -0.2) is 0 Å². The van der Waals surface area contributed by atoms with Gasteiger partial charge >= 0.3 is 0 Å². The van der Waals surface area contributed by atoms with E-state index in [4.69, 9.17) is 9.15 Å². The molecular weight excluding hydrogens is 352 g/mol. The highest BCUT2D eigenvalue weighted by Gasteiger charge is 2.25. The van der Waals surface area contributed by atoms with E-state index in [1.54, 1.807) is 17.0 Å². The molecule has 26 heavy (non-hydrogen) atoms. The van der Waals surface area contributed by atoms with Crippen molar-refractivity contribution in [3.05, 3.63) is 48.4 Å². The molecule has 6 nitrogen and oxygen atoms in total. The lowest BCUT2D eigenvalue weighted by atomic mass is 10.3. The number of hydrogen-bond donors (Lipinski definition) is 0. The van der Waals surface area contributed by atoms with E-state index in [2.05, 4.69) is 0 Å². The third kappa shape index (κ3) is 4.60. The first-order chi connectivity index (χ1) is 12.7. The van der Waals surface area contributed by atoms with E-state index in [0.29, 0.717) is 44.3 Å². The van der Waals surface area contributed by atoms with Crippen molar-refractivity contribution in [1.82, 2.24) is 9.80 Å². The van der Waals surface area contributed by atoms with Gasteiger partial charge in [0, 0.05) is 31.1 Å². The van der Waals surface area contributed by atoms with Crippen LogP contribution in [0.2, 0.25) is 0 Å². The van der Waals surface area contributed by atoms with Gasteiger partial charge in [-0.2, -0.15) is 0 Å². The number of benzene rings is 1. The van der Waals surface area contributed by atoms with Crippen molar-refractivity contribution < 1.29 is 18.7 Å². The van der Waals surface area contributed by atoms with Crippen LogP contribution in [0.4, 0.5) is 0 Å². The summed E-state index contributed by atoms with van der Waals surface area (Å²) in [6, 6.07) is 11.1. The number of thioether (sulfide) groups is 1. The number of furan rings is 1. The molecule has 0 spiro atoms. The zero-order chi connectivity index (χ0) is 18.4. The Morgan fingerprint density at radius 1 is 1.08 bits per heavy atom. The van der Waals surface area contributed by atoms with Gasteiger partial charge in [0.25, 0.3) is 5.91 Å². The molecule has 0 bridgehead atoms. The van der Waals surface area contributed by atoms with E-state index in [1.807, 2.05) is 36.1 Å².